The van der Waals surface area contributed by atoms with E-state index in [0.29, 0.717) is 6.04 Å². The Labute approximate surface area is 131 Å². The number of nitrogens with zero attached hydrogens (tertiary/aromatic N) is 1. The summed E-state index contributed by atoms with van der Waals surface area (Å²) in [5.41, 5.74) is 2.37. The van der Waals surface area contributed by atoms with Gasteiger partial charge in [0.2, 0.25) is 0 Å². The van der Waals surface area contributed by atoms with E-state index in [9.17, 15) is 0 Å². The minimum atomic E-state index is 0.555. The van der Waals surface area contributed by atoms with Crippen molar-refractivity contribution in [3.63, 3.8) is 0 Å². The minimum Gasteiger partial charge on any atom is -0.331 e. The van der Waals surface area contributed by atoms with E-state index in [1.165, 1.54) is 31.2 Å². The van der Waals surface area contributed by atoms with Crippen molar-refractivity contribution in [2.75, 3.05) is 6.26 Å². The molecule has 1 N–H and O–H groups in total. The van der Waals surface area contributed by atoms with Crippen LogP contribution in [-0.2, 0) is 0 Å². The van der Waals surface area contributed by atoms with Crippen LogP contribution >= 0.6 is 39.9 Å². The van der Waals surface area contributed by atoms with Crippen LogP contribution in [0.3, 0.4) is 0 Å². The van der Waals surface area contributed by atoms with Gasteiger partial charge in [-0.15, -0.1) is 0 Å². The van der Waals surface area contributed by atoms with E-state index in [-0.39, 0.29) is 0 Å². The summed E-state index contributed by atoms with van der Waals surface area (Å²) in [6.45, 7) is 0. The average Bonchev–Trinajstić information content (AvgIpc) is 2.74. The number of nitrogens with one attached hydrogen (secondary N) is 1. The van der Waals surface area contributed by atoms with Gasteiger partial charge in [0.15, 0.2) is 4.77 Å². The van der Waals surface area contributed by atoms with Gasteiger partial charge < -0.3 is 9.55 Å². The highest BCUT2D eigenvalue weighted by Crippen LogP contribution is 2.35. The molecule has 5 heteroatoms. The predicted octanol–water partition coefficient (Wildman–Crippen LogP) is 5.31. The number of hydrogen-bond acceptors (Lipinski definition) is 2. The average molecular weight is 357 g/mol. The Morgan fingerprint density at radius 3 is 2.74 bits per heavy atom. The van der Waals surface area contributed by atoms with Crippen molar-refractivity contribution in [3.05, 3.63) is 27.4 Å². The van der Waals surface area contributed by atoms with Crippen molar-refractivity contribution in [1.82, 2.24) is 9.55 Å². The molecule has 1 aliphatic rings. The monoisotopic (exact) mass is 356 g/mol. The third-order valence-corrected chi connectivity index (χ3v) is 5.95. The van der Waals surface area contributed by atoms with Crippen LogP contribution in [0.15, 0.2) is 22.7 Å². The van der Waals surface area contributed by atoms with E-state index in [1.807, 2.05) is 11.8 Å². The van der Waals surface area contributed by atoms with E-state index < -0.39 is 0 Å². The Bertz CT molecular complexity index is 638. The van der Waals surface area contributed by atoms with Crippen molar-refractivity contribution in [2.24, 2.45) is 0 Å². The number of hydrogen-bond donors (Lipinski definition) is 1. The summed E-state index contributed by atoms with van der Waals surface area (Å²) < 4.78 is 4.30. The molecule has 1 fully saturated rings. The lowest BCUT2D eigenvalue weighted by Crippen LogP contribution is -2.19. The molecular formula is C14H17BrN2S2. The normalized spacial score (nSPS) is 23.9. The summed E-state index contributed by atoms with van der Waals surface area (Å²) in [4.78, 5) is 3.33. The molecule has 1 saturated carbocycles. The van der Waals surface area contributed by atoms with Crippen molar-refractivity contribution < 1.29 is 0 Å². The third-order valence-electron chi connectivity index (χ3n) is 4.02. The molecular weight excluding hydrogens is 340 g/mol. The zero-order chi connectivity index (χ0) is 13.4. The molecule has 3 rings (SSSR count). The van der Waals surface area contributed by atoms with Gasteiger partial charge in [0.1, 0.15) is 0 Å². The third kappa shape index (κ3) is 2.65. The van der Waals surface area contributed by atoms with Crippen molar-refractivity contribution in [3.8, 4) is 0 Å². The fourth-order valence-corrected chi connectivity index (χ4v) is 4.45. The lowest BCUT2D eigenvalue weighted by atomic mass is 9.94. The number of H-pyrrole nitrogens is 1. The smallest absolute Gasteiger partial charge is 0.178 e. The SMILES string of the molecule is CSC1CCC(n2c(=S)[nH]c3ccc(Br)cc32)CC1. The van der Waals surface area contributed by atoms with Crippen molar-refractivity contribution in [2.45, 2.75) is 37.0 Å². The molecule has 1 heterocycles. The van der Waals surface area contributed by atoms with Gasteiger partial charge in [0.05, 0.1) is 11.0 Å². The van der Waals surface area contributed by atoms with E-state index in [1.54, 1.807) is 0 Å². The largest absolute Gasteiger partial charge is 0.331 e. The highest BCUT2D eigenvalue weighted by atomic mass is 79.9. The van der Waals surface area contributed by atoms with Gasteiger partial charge in [-0.2, -0.15) is 11.8 Å². The van der Waals surface area contributed by atoms with E-state index in [0.717, 1.165) is 20.0 Å². The van der Waals surface area contributed by atoms with Gasteiger partial charge in [-0.1, -0.05) is 15.9 Å². The van der Waals surface area contributed by atoms with Crippen LogP contribution in [0.4, 0.5) is 0 Å². The molecule has 19 heavy (non-hydrogen) atoms. The molecule has 1 aromatic carbocycles. The Balaban J connectivity index is 1.98. The Hall–Kier alpha value is -0.260. The molecule has 0 unspecified atom stereocenters. The lowest BCUT2D eigenvalue weighted by molar-refractivity contribution is 0.364. The first-order chi connectivity index (χ1) is 9.19. The highest BCUT2D eigenvalue weighted by molar-refractivity contribution is 9.10. The maximum Gasteiger partial charge on any atom is 0.178 e. The molecule has 1 aliphatic carbocycles. The summed E-state index contributed by atoms with van der Waals surface area (Å²) in [6, 6.07) is 6.88. The van der Waals surface area contributed by atoms with Gasteiger partial charge in [-0.05, 0) is 62.4 Å². The van der Waals surface area contributed by atoms with Gasteiger partial charge in [0, 0.05) is 15.8 Å². The molecule has 102 valence electrons. The van der Waals surface area contributed by atoms with E-state index in [4.69, 9.17) is 12.2 Å². The zero-order valence-corrected chi connectivity index (χ0v) is 14.1. The molecule has 0 aliphatic heterocycles. The van der Waals surface area contributed by atoms with Gasteiger partial charge in [-0.3, -0.25) is 0 Å². The highest BCUT2D eigenvalue weighted by Gasteiger charge is 2.23. The number of halogens is 1. The van der Waals surface area contributed by atoms with Crippen LogP contribution in [0.25, 0.3) is 11.0 Å². The molecule has 0 saturated heterocycles. The molecule has 0 amide bonds. The van der Waals surface area contributed by atoms with Crippen LogP contribution in [0.1, 0.15) is 31.7 Å². The molecule has 0 radical (unpaired) electrons. The van der Waals surface area contributed by atoms with Crippen LogP contribution in [0.2, 0.25) is 0 Å². The quantitative estimate of drug-likeness (QED) is 0.736. The number of benzene rings is 1. The van der Waals surface area contributed by atoms with Gasteiger partial charge in [0.25, 0.3) is 0 Å². The standard InChI is InChI=1S/C14H17BrN2S2/c1-19-11-5-3-10(4-6-11)17-13-8-9(15)2-7-12(13)16-14(17)18/h2,7-8,10-11H,3-6H2,1H3,(H,16,18). The van der Waals surface area contributed by atoms with Crippen LogP contribution in [0.5, 0.6) is 0 Å². The Kier molecular flexibility index (Phi) is 4.06. The van der Waals surface area contributed by atoms with Crippen molar-refractivity contribution >= 4 is 50.9 Å². The number of aromatic amines is 1. The molecule has 0 spiro atoms. The summed E-state index contributed by atoms with van der Waals surface area (Å²) in [5.74, 6) is 0. The van der Waals surface area contributed by atoms with Gasteiger partial charge >= 0.3 is 0 Å². The Morgan fingerprint density at radius 1 is 1.32 bits per heavy atom. The van der Waals surface area contributed by atoms with E-state index >= 15 is 0 Å². The number of rotatable bonds is 2. The summed E-state index contributed by atoms with van der Waals surface area (Å²) >= 11 is 11.1. The van der Waals surface area contributed by atoms with Crippen LogP contribution < -0.4 is 0 Å². The number of aromatic nitrogens is 2. The zero-order valence-electron chi connectivity index (χ0n) is 10.9. The molecule has 2 nitrogen and oxygen atoms in total. The number of imidazole rings is 1. The number of fused-ring (bicyclic) bond motifs is 1. The molecule has 0 bridgehead atoms. The summed E-state index contributed by atoms with van der Waals surface area (Å²) in [6.07, 6.45) is 7.29. The predicted molar refractivity (Wildman–Crippen MR) is 89.6 cm³/mol. The number of thioether (sulfide) groups is 1. The topological polar surface area (TPSA) is 20.7 Å². The first kappa shape index (κ1) is 13.7. The fraction of sp³-hybridized carbons (Fsp3) is 0.500. The second-order valence-corrected chi connectivity index (χ2v) is 7.57. The first-order valence-electron chi connectivity index (χ1n) is 6.61. The second kappa shape index (κ2) is 5.62. The molecule has 1 aromatic heterocycles. The van der Waals surface area contributed by atoms with E-state index in [2.05, 4.69) is 49.9 Å². The minimum absolute atomic E-state index is 0.555. The lowest BCUT2D eigenvalue weighted by Gasteiger charge is -2.28. The summed E-state index contributed by atoms with van der Waals surface area (Å²) in [7, 11) is 0. The van der Waals surface area contributed by atoms with Crippen molar-refractivity contribution in [1.29, 1.82) is 0 Å². The van der Waals surface area contributed by atoms with Crippen LogP contribution in [-0.4, -0.2) is 21.1 Å². The molecule has 2 aromatic rings. The van der Waals surface area contributed by atoms with Gasteiger partial charge in [-0.25, -0.2) is 0 Å². The maximum absolute atomic E-state index is 5.52. The second-order valence-electron chi connectivity index (χ2n) is 5.13. The maximum atomic E-state index is 5.52. The fourth-order valence-electron chi connectivity index (χ4n) is 3.00. The first-order valence-corrected chi connectivity index (χ1v) is 9.10. The van der Waals surface area contributed by atoms with Crippen LogP contribution in [0, 0.1) is 4.77 Å². The summed E-state index contributed by atoms with van der Waals surface area (Å²) in [5, 5.41) is 0.836. The molecule has 0 atom stereocenters. The Morgan fingerprint density at radius 2 is 2.05 bits per heavy atom.